The Balaban J connectivity index is 5.04. The Morgan fingerprint density at radius 1 is 1.00 bits per heavy atom. The molecule has 0 aliphatic carbocycles. The first-order valence-corrected chi connectivity index (χ1v) is 7.35. The fourth-order valence-corrected chi connectivity index (χ4v) is 1.72. The van der Waals surface area contributed by atoms with Gasteiger partial charge in [0.05, 0.1) is 6.42 Å². The van der Waals surface area contributed by atoms with Gasteiger partial charge >= 0.3 is 17.9 Å². The van der Waals surface area contributed by atoms with Crippen LogP contribution < -0.4 is 11.5 Å². The van der Waals surface area contributed by atoms with Crippen molar-refractivity contribution >= 4 is 23.8 Å². The van der Waals surface area contributed by atoms with Gasteiger partial charge in [-0.1, -0.05) is 0 Å². The van der Waals surface area contributed by atoms with Crippen LogP contribution in [-0.4, -0.2) is 45.7 Å². The highest BCUT2D eigenvalue weighted by Gasteiger charge is 2.46. The van der Waals surface area contributed by atoms with Gasteiger partial charge in [0.25, 0.3) is 0 Å². The second-order valence-corrected chi connectivity index (χ2v) is 7.16. The van der Waals surface area contributed by atoms with Crippen LogP contribution >= 0.6 is 0 Å². The van der Waals surface area contributed by atoms with Gasteiger partial charge in [-0.3, -0.25) is 9.59 Å². The van der Waals surface area contributed by atoms with Crippen molar-refractivity contribution in [3.8, 4) is 0 Å². The molecular weight excluding hydrogens is 320 g/mol. The molecule has 0 saturated heterocycles. The topological polar surface area (TPSA) is 159 Å². The second-order valence-electron chi connectivity index (χ2n) is 7.16. The van der Waals surface area contributed by atoms with Crippen LogP contribution in [0, 0.1) is 0 Å². The van der Waals surface area contributed by atoms with Crippen LogP contribution in [0.4, 0.5) is 0 Å². The number of carboxylic acids is 1. The highest BCUT2D eigenvalue weighted by atomic mass is 16.6. The van der Waals surface area contributed by atoms with E-state index in [0.717, 1.165) is 0 Å². The van der Waals surface area contributed by atoms with E-state index in [4.69, 9.17) is 20.9 Å². The van der Waals surface area contributed by atoms with Crippen molar-refractivity contribution in [2.75, 3.05) is 0 Å². The number of aliphatic carboxylic acids is 1. The minimum absolute atomic E-state index is 0.290. The molecule has 24 heavy (non-hydrogen) atoms. The highest BCUT2D eigenvalue weighted by molar-refractivity contribution is 6.04. The van der Waals surface area contributed by atoms with Crippen molar-refractivity contribution in [2.45, 2.75) is 70.6 Å². The maximum Gasteiger partial charge on any atom is 0.338 e. The third-order valence-electron chi connectivity index (χ3n) is 2.87. The van der Waals surface area contributed by atoms with Gasteiger partial charge in [0.2, 0.25) is 11.4 Å². The molecule has 0 spiro atoms. The molecule has 0 heterocycles. The van der Waals surface area contributed by atoms with E-state index in [0.29, 0.717) is 0 Å². The number of carbonyl (C=O) groups excluding carboxylic acids is 3. The molecule has 9 heteroatoms. The Kier molecular flexibility index (Phi) is 6.92. The number of esters is 2. The van der Waals surface area contributed by atoms with Crippen LogP contribution in [0.3, 0.4) is 0 Å². The minimum Gasteiger partial charge on any atom is -0.479 e. The molecule has 1 amide bonds. The van der Waals surface area contributed by atoms with Crippen LogP contribution in [0.1, 0.15) is 53.9 Å². The summed E-state index contributed by atoms with van der Waals surface area (Å²) >= 11 is 0. The SMILES string of the molecule is CC(C)(C)OC(=O)CC(C)(C)OC(=O)[C@](N)(CCC(N)=O)C(=O)O. The number of amides is 1. The zero-order valence-corrected chi connectivity index (χ0v) is 14.7. The first-order chi connectivity index (χ1) is 10.6. The highest BCUT2D eigenvalue weighted by Crippen LogP contribution is 2.22. The van der Waals surface area contributed by atoms with Crippen LogP contribution in [0.25, 0.3) is 0 Å². The molecule has 0 unspecified atom stereocenters. The lowest BCUT2D eigenvalue weighted by Gasteiger charge is -2.30. The zero-order valence-electron chi connectivity index (χ0n) is 14.7. The number of primary amides is 1. The zero-order chi connectivity index (χ0) is 19.3. The van der Waals surface area contributed by atoms with Gasteiger partial charge in [0.1, 0.15) is 11.2 Å². The molecule has 0 bridgehead atoms. The van der Waals surface area contributed by atoms with E-state index in [1.54, 1.807) is 20.8 Å². The van der Waals surface area contributed by atoms with Gasteiger partial charge in [-0.2, -0.15) is 0 Å². The van der Waals surface area contributed by atoms with Crippen molar-refractivity contribution in [1.82, 2.24) is 0 Å². The summed E-state index contributed by atoms with van der Waals surface area (Å²) in [6, 6.07) is 0. The number of nitrogens with two attached hydrogens (primary N) is 2. The lowest BCUT2D eigenvalue weighted by Crippen LogP contribution is -2.57. The average molecular weight is 346 g/mol. The maximum absolute atomic E-state index is 12.2. The third-order valence-corrected chi connectivity index (χ3v) is 2.87. The van der Waals surface area contributed by atoms with Gasteiger partial charge < -0.3 is 26.0 Å². The number of hydrogen-bond donors (Lipinski definition) is 3. The predicted molar refractivity (Wildman–Crippen MR) is 83.6 cm³/mol. The molecule has 0 saturated carbocycles. The van der Waals surface area contributed by atoms with E-state index in [1.165, 1.54) is 13.8 Å². The molecule has 9 nitrogen and oxygen atoms in total. The van der Waals surface area contributed by atoms with Gasteiger partial charge in [0, 0.05) is 6.42 Å². The lowest BCUT2D eigenvalue weighted by molar-refractivity contribution is -0.175. The Labute approximate surface area is 140 Å². The van der Waals surface area contributed by atoms with Gasteiger partial charge in [-0.05, 0) is 41.0 Å². The summed E-state index contributed by atoms with van der Waals surface area (Å²) in [5.41, 5.74) is 6.04. The van der Waals surface area contributed by atoms with Crippen molar-refractivity contribution in [1.29, 1.82) is 0 Å². The van der Waals surface area contributed by atoms with E-state index < -0.39 is 53.4 Å². The molecule has 0 aromatic rings. The Morgan fingerprint density at radius 3 is 1.88 bits per heavy atom. The van der Waals surface area contributed by atoms with Crippen molar-refractivity contribution < 1.29 is 33.8 Å². The molecule has 0 aliphatic rings. The average Bonchev–Trinajstić information content (AvgIpc) is 2.31. The molecule has 0 aromatic carbocycles. The molecular formula is C15H26N2O7. The summed E-state index contributed by atoms with van der Waals surface area (Å²) in [5, 5.41) is 9.18. The summed E-state index contributed by atoms with van der Waals surface area (Å²) < 4.78 is 10.2. The normalized spacial score (nSPS) is 14.4. The second kappa shape index (κ2) is 7.61. The van der Waals surface area contributed by atoms with Gasteiger partial charge in [-0.25, -0.2) is 9.59 Å². The van der Waals surface area contributed by atoms with Gasteiger partial charge in [0.15, 0.2) is 0 Å². The molecule has 0 aliphatic heterocycles. The molecule has 138 valence electrons. The van der Waals surface area contributed by atoms with E-state index in [1.807, 2.05) is 0 Å². The van der Waals surface area contributed by atoms with Crippen LogP contribution in [0.15, 0.2) is 0 Å². The third kappa shape index (κ3) is 7.40. The summed E-state index contributed by atoms with van der Waals surface area (Å²) in [5.74, 6) is -4.33. The number of rotatable bonds is 8. The number of carbonyl (C=O) groups is 4. The quantitative estimate of drug-likeness (QED) is 0.412. The van der Waals surface area contributed by atoms with Crippen molar-refractivity contribution in [3.05, 3.63) is 0 Å². The summed E-state index contributed by atoms with van der Waals surface area (Å²) in [7, 11) is 0. The number of carboxylic acid groups (broad SMARTS) is 1. The van der Waals surface area contributed by atoms with E-state index in [-0.39, 0.29) is 6.42 Å². The Bertz CT molecular complexity index is 522. The Hall–Kier alpha value is -2.16. The lowest BCUT2D eigenvalue weighted by atomic mass is 9.94. The summed E-state index contributed by atoms with van der Waals surface area (Å²) in [4.78, 5) is 46.1. The van der Waals surface area contributed by atoms with Crippen LogP contribution in [-0.2, 0) is 28.7 Å². The first kappa shape index (κ1) is 21.8. The van der Waals surface area contributed by atoms with Crippen LogP contribution in [0.5, 0.6) is 0 Å². The molecule has 0 aromatic heterocycles. The monoisotopic (exact) mass is 346 g/mol. The number of ether oxygens (including phenoxy) is 2. The first-order valence-electron chi connectivity index (χ1n) is 7.35. The molecule has 5 N–H and O–H groups in total. The smallest absolute Gasteiger partial charge is 0.338 e. The molecule has 1 atom stereocenters. The fraction of sp³-hybridized carbons (Fsp3) is 0.733. The minimum atomic E-state index is -2.43. The maximum atomic E-state index is 12.2. The Morgan fingerprint density at radius 2 is 1.50 bits per heavy atom. The molecule has 0 fully saturated rings. The number of hydrogen-bond acceptors (Lipinski definition) is 7. The molecule has 0 rings (SSSR count). The van der Waals surface area contributed by atoms with Crippen molar-refractivity contribution in [2.24, 2.45) is 11.5 Å². The summed E-state index contributed by atoms with van der Waals surface area (Å²) in [6.45, 7) is 7.89. The van der Waals surface area contributed by atoms with E-state index in [9.17, 15) is 24.3 Å². The van der Waals surface area contributed by atoms with Crippen molar-refractivity contribution in [3.63, 3.8) is 0 Å². The van der Waals surface area contributed by atoms with Gasteiger partial charge in [-0.15, -0.1) is 0 Å². The van der Waals surface area contributed by atoms with E-state index in [2.05, 4.69) is 0 Å². The standard InChI is InChI=1S/C15H26N2O7/c1-13(2,3)23-10(19)8-14(4,5)24-12(22)15(17,11(20)21)7-6-9(16)18/h6-8,17H2,1-5H3,(H2,16,18)(H,20,21)/t15-/m0/s1. The predicted octanol–water partition coefficient (Wildman–Crippen LogP) is 0.0876. The summed E-state index contributed by atoms with van der Waals surface area (Å²) in [6.07, 6.45) is -1.20. The van der Waals surface area contributed by atoms with E-state index >= 15 is 0 Å². The fourth-order valence-electron chi connectivity index (χ4n) is 1.72. The molecule has 0 radical (unpaired) electrons. The van der Waals surface area contributed by atoms with Crippen LogP contribution in [0.2, 0.25) is 0 Å². The largest absolute Gasteiger partial charge is 0.479 e.